The Hall–Kier alpha value is -2.18. The molecule has 0 radical (unpaired) electrons. The fourth-order valence-electron chi connectivity index (χ4n) is 2.06. The Morgan fingerprint density at radius 3 is 2.88 bits per heavy atom. The molecule has 7 nitrogen and oxygen atoms in total. The monoisotopic (exact) mass is 234 g/mol. The molecule has 88 valence electrons. The highest BCUT2D eigenvalue weighted by atomic mass is 16.4. The molecule has 1 aliphatic rings. The van der Waals surface area contributed by atoms with Gasteiger partial charge in [0.2, 0.25) is 5.82 Å². The van der Waals surface area contributed by atoms with Crippen LogP contribution in [0.4, 0.5) is 0 Å². The largest absolute Gasteiger partial charge is 0.479 e. The fourth-order valence-corrected chi connectivity index (χ4v) is 2.06. The van der Waals surface area contributed by atoms with Gasteiger partial charge in [-0.2, -0.15) is 0 Å². The van der Waals surface area contributed by atoms with E-state index in [4.69, 9.17) is 4.42 Å². The highest BCUT2D eigenvalue weighted by Crippen LogP contribution is 2.40. The minimum Gasteiger partial charge on any atom is -0.479 e. The molecule has 1 fully saturated rings. The molecule has 0 amide bonds. The maximum Gasteiger partial charge on any atom is 0.331 e. The number of nitrogens with zero attached hydrogens (tertiary/aromatic N) is 4. The third kappa shape index (κ3) is 1.28. The Labute approximate surface area is 96.0 Å². The van der Waals surface area contributed by atoms with Crippen LogP contribution in [-0.2, 0) is 10.3 Å². The molecule has 0 atom stereocenters. The lowest BCUT2D eigenvalue weighted by atomic mass is 9.77. The van der Waals surface area contributed by atoms with Crippen LogP contribution in [-0.4, -0.2) is 31.3 Å². The first-order chi connectivity index (χ1) is 8.24. The standard InChI is InChI=1S/C10H10N4O3/c15-9(16)10(4-2-5-10)14-8(11-12-13-14)7-3-1-6-17-7/h1,3,6H,2,4-5H2,(H,15,16). The van der Waals surface area contributed by atoms with Gasteiger partial charge in [-0.3, -0.25) is 0 Å². The maximum absolute atomic E-state index is 11.4. The van der Waals surface area contributed by atoms with Gasteiger partial charge in [-0.1, -0.05) is 0 Å². The maximum atomic E-state index is 11.4. The molecule has 2 aromatic heterocycles. The van der Waals surface area contributed by atoms with Gasteiger partial charge in [0, 0.05) is 0 Å². The molecule has 2 aromatic rings. The molecule has 1 saturated carbocycles. The van der Waals surface area contributed by atoms with Gasteiger partial charge in [0.15, 0.2) is 11.3 Å². The molecule has 0 bridgehead atoms. The Balaban J connectivity index is 2.10. The zero-order chi connectivity index (χ0) is 11.9. The predicted octanol–water partition coefficient (Wildman–Crippen LogP) is 0.897. The number of hydrogen-bond donors (Lipinski definition) is 1. The molecule has 2 heterocycles. The topological polar surface area (TPSA) is 94.0 Å². The molecular weight excluding hydrogens is 224 g/mol. The number of hydrogen-bond acceptors (Lipinski definition) is 5. The van der Waals surface area contributed by atoms with E-state index in [9.17, 15) is 9.90 Å². The van der Waals surface area contributed by atoms with Crippen molar-refractivity contribution < 1.29 is 14.3 Å². The van der Waals surface area contributed by atoms with Crippen molar-refractivity contribution in [2.75, 3.05) is 0 Å². The highest BCUT2D eigenvalue weighted by molar-refractivity contribution is 5.78. The van der Waals surface area contributed by atoms with Crippen LogP contribution in [0.1, 0.15) is 19.3 Å². The van der Waals surface area contributed by atoms with Crippen molar-refractivity contribution in [3.63, 3.8) is 0 Å². The SMILES string of the molecule is O=C(O)C1(n2nnnc2-c2ccco2)CCC1. The predicted molar refractivity (Wildman–Crippen MR) is 55.0 cm³/mol. The highest BCUT2D eigenvalue weighted by Gasteiger charge is 2.49. The van der Waals surface area contributed by atoms with Crippen LogP contribution in [0, 0.1) is 0 Å². The summed E-state index contributed by atoms with van der Waals surface area (Å²) in [6, 6.07) is 3.42. The molecular formula is C10H10N4O3. The number of carbonyl (C=O) groups is 1. The van der Waals surface area contributed by atoms with Gasteiger partial charge in [-0.25, -0.2) is 9.48 Å². The van der Waals surface area contributed by atoms with E-state index >= 15 is 0 Å². The summed E-state index contributed by atoms with van der Waals surface area (Å²) < 4.78 is 6.56. The first-order valence-electron chi connectivity index (χ1n) is 5.30. The van der Waals surface area contributed by atoms with Crippen LogP contribution in [0.15, 0.2) is 22.8 Å². The number of carboxylic acid groups (broad SMARTS) is 1. The molecule has 0 aliphatic heterocycles. The molecule has 0 spiro atoms. The minimum absolute atomic E-state index is 0.358. The zero-order valence-corrected chi connectivity index (χ0v) is 8.91. The van der Waals surface area contributed by atoms with E-state index in [0.29, 0.717) is 24.4 Å². The third-order valence-electron chi connectivity index (χ3n) is 3.20. The van der Waals surface area contributed by atoms with E-state index in [1.165, 1.54) is 10.9 Å². The van der Waals surface area contributed by atoms with Crippen LogP contribution in [0.2, 0.25) is 0 Å². The molecule has 0 saturated heterocycles. The lowest BCUT2D eigenvalue weighted by Gasteiger charge is -2.37. The first kappa shape index (κ1) is 10.0. The van der Waals surface area contributed by atoms with Crippen LogP contribution < -0.4 is 0 Å². The molecule has 7 heteroatoms. The van der Waals surface area contributed by atoms with Crippen LogP contribution in [0.3, 0.4) is 0 Å². The van der Waals surface area contributed by atoms with E-state index in [1.54, 1.807) is 12.1 Å². The Kier molecular flexibility index (Phi) is 2.01. The van der Waals surface area contributed by atoms with E-state index in [-0.39, 0.29) is 0 Å². The summed E-state index contributed by atoms with van der Waals surface area (Å²) in [5.74, 6) is -0.0662. The van der Waals surface area contributed by atoms with Crippen molar-refractivity contribution in [1.82, 2.24) is 20.2 Å². The number of tetrazole rings is 1. The molecule has 3 rings (SSSR count). The molecule has 0 aromatic carbocycles. The Bertz CT molecular complexity index is 542. The third-order valence-corrected chi connectivity index (χ3v) is 3.20. The normalized spacial score (nSPS) is 17.6. The number of carboxylic acids is 1. The average Bonchev–Trinajstić information content (AvgIpc) is 2.82. The summed E-state index contributed by atoms with van der Waals surface area (Å²) in [5, 5.41) is 20.5. The number of aliphatic carboxylic acids is 1. The smallest absolute Gasteiger partial charge is 0.331 e. The van der Waals surface area contributed by atoms with Gasteiger partial charge < -0.3 is 9.52 Å². The van der Waals surface area contributed by atoms with Crippen molar-refractivity contribution in [1.29, 1.82) is 0 Å². The summed E-state index contributed by atoms with van der Waals surface area (Å²) >= 11 is 0. The second kappa shape index (κ2) is 3.41. The van der Waals surface area contributed by atoms with Crippen molar-refractivity contribution in [2.45, 2.75) is 24.8 Å². The second-order valence-electron chi connectivity index (χ2n) is 4.08. The summed E-state index contributed by atoms with van der Waals surface area (Å²) in [7, 11) is 0. The zero-order valence-electron chi connectivity index (χ0n) is 8.91. The van der Waals surface area contributed by atoms with Gasteiger partial charge in [0.25, 0.3) is 0 Å². The van der Waals surface area contributed by atoms with Crippen molar-refractivity contribution in [3.8, 4) is 11.6 Å². The second-order valence-corrected chi connectivity index (χ2v) is 4.08. The van der Waals surface area contributed by atoms with E-state index in [1.807, 2.05) is 0 Å². The van der Waals surface area contributed by atoms with E-state index < -0.39 is 11.5 Å². The van der Waals surface area contributed by atoms with Crippen molar-refractivity contribution >= 4 is 5.97 Å². The van der Waals surface area contributed by atoms with Gasteiger partial charge in [-0.05, 0) is 41.8 Å². The van der Waals surface area contributed by atoms with Gasteiger partial charge in [0.1, 0.15) is 0 Å². The van der Waals surface area contributed by atoms with Crippen molar-refractivity contribution in [3.05, 3.63) is 18.4 Å². The van der Waals surface area contributed by atoms with Crippen molar-refractivity contribution in [2.24, 2.45) is 0 Å². The quantitative estimate of drug-likeness (QED) is 0.847. The summed E-state index contributed by atoms with van der Waals surface area (Å²) in [5.41, 5.74) is -1.01. The molecule has 1 N–H and O–H groups in total. The van der Waals surface area contributed by atoms with E-state index in [2.05, 4.69) is 15.5 Å². The van der Waals surface area contributed by atoms with Gasteiger partial charge in [0.05, 0.1) is 6.26 Å². The Morgan fingerprint density at radius 1 is 1.53 bits per heavy atom. The fraction of sp³-hybridized carbons (Fsp3) is 0.400. The summed E-state index contributed by atoms with van der Waals surface area (Å²) in [6.45, 7) is 0. The van der Waals surface area contributed by atoms with Gasteiger partial charge in [-0.15, -0.1) is 5.10 Å². The van der Waals surface area contributed by atoms with Crippen LogP contribution >= 0.6 is 0 Å². The van der Waals surface area contributed by atoms with Gasteiger partial charge >= 0.3 is 5.97 Å². The number of rotatable bonds is 3. The van der Waals surface area contributed by atoms with E-state index in [0.717, 1.165) is 6.42 Å². The number of furan rings is 1. The first-order valence-corrected chi connectivity index (χ1v) is 5.30. The van der Waals surface area contributed by atoms with Crippen LogP contribution in [0.5, 0.6) is 0 Å². The minimum atomic E-state index is -1.01. The average molecular weight is 234 g/mol. The molecule has 0 unspecified atom stereocenters. The lowest BCUT2D eigenvalue weighted by molar-refractivity contribution is -0.153. The lowest BCUT2D eigenvalue weighted by Crippen LogP contribution is -2.48. The molecule has 1 aliphatic carbocycles. The summed E-state index contributed by atoms with van der Waals surface area (Å²) in [4.78, 5) is 11.4. The number of aromatic nitrogens is 4. The van der Waals surface area contributed by atoms with Crippen LogP contribution in [0.25, 0.3) is 11.6 Å². The summed E-state index contributed by atoms with van der Waals surface area (Å²) in [6.07, 6.45) is 3.45. The molecule has 17 heavy (non-hydrogen) atoms. The Morgan fingerprint density at radius 2 is 2.35 bits per heavy atom.